The molecule has 6 N–H and O–H groups in total. The number of aliphatic hydroxyl groups is 1. The summed E-state index contributed by atoms with van der Waals surface area (Å²) in [5.74, 6) is 0. The molecule has 8 nitrogen and oxygen atoms in total. The summed E-state index contributed by atoms with van der Waals surface area (Å²) in [6.07, 6.45) is 0. The second-order valence-corrected chi connectivity index (χ2v) is 3.38. The molecular formula is C9H27N2O6P. The van der Waals surface area contributed by atoms with Gasteiger partial charge in [-0.15, -0.1) is 0 Å². The normalized spacial score (nSPS) is 8.06. The zero-order chi connectivity index (χ0) is 14.9. The molecule has 0 aliphatic rings. The van der Waals surface area contributed by atoms with Crippen LogP contribution in [0.25, 0.3) is 0 Å². The molecule has 0 radical (unpaired) electrons. The summed E-state index contributed by atoms with van der Waals surface area (Å²) >= 11 is 0. The van der Waals surface area contributed by atoms with Crippen molar-refractivity contribution in [2.75, 3.05) is 26.7 Å². The van der Waals surface area contributed by atoms with E-state index in [1.54, 1.807) is 6.07 Å². The second-order valence-electron chi connectivity index (χ2n) is 2.36. The number of aliphatic hydroxyl groups excluding tert-OH is 1. The molecular weight excluding hydrogens is 263 g/mol. The Bertz CT molecular complexity index is 186. The predicted octanol–water partition coefficient (Wildman–Crippen LogP) is -0.267. The number of rotatable bonds is 3. The van der Waals surface area contributed by atoms with Gasteiger partial charge < -0.3 is 30.2 Å². The van der Waals surface area contributed by atoms with Gasteiger partial charge >= 0.3 is 7.82 Å². The van der Waals surface area contributed by atoms with E-state index in [0.717, 1.165) is 7.11 Å². The highest BCUT2D eigenvalue weighted by atomic mass is 31.2. The molecule has 0 aliphatic heterocycles. The first kappa shape index (κ1) is 30.5. The van der Waals surface area contributed by atoms with Gasteiger partial charge in [0.2, 0.25) is 0 Å². The van der Waals surface area contributed by atoms with Crippen LogP contribution in [-0.2, 0) is 4.57 Å². The number of phosphoric acid groups is 1. The third-order valence-electron chi connectivity index (χ3n) is 1.34. The molecule has 0 unspecified atom stereocenters. The lowest BCUT2D eigenvalue weighted by molar-refractivity contribution is 0.275. The first-order valence-electron chi connectivity index (χ1n) is 5.02. The molecule has 0 bridgehead atoms. The van der Waals surface area contributed by atoms with Crippen molar-refractivity contribution < 1.29 is 29.8 Å². The van der Waals surface area contributed by atoms with Crippen molar-refractivity contribution in [3.05, 3.63) is 0 Å². The molecule has 0 amide bonds. The maximum atomic E-state index is 8.88. The highest BCUT2D eigenvalue weighted by Crippen LogP contribution is 2.25. The Labute approximate surface area is 109 Å². The summed E-state index contributed by atoms with van der Waals surface area (Å²) in [5.41, 5.74) is 0. The molecule has 0 saturated heterocycles. The summed E-state index contributed by atoms with van der Waals surface area (Å²) in [6, 6.07) is 1.75. The van der Waals surface area contributed by atoms with Crippen molar-refractivity contribution in [2.24, 2.45) is 0 Å². The average Bonchev–Trinajstić information content (AvgIpc) is 2.22. The van der Waals surface area contributed by atoms with E-state index in [9.17, 15) is 0 Å². The van der Waals surface area contributed by atoms with Gasteiger partial charge in [0.05, 0.1) is 6.07 Å². The molecule has 0 aromatic carbocycles. The van der Waals surface area contributed by atoms with Crippen molar-refractivity contribution in [3.63, 3.8) is 0 Å². The number of nitrogens with zero attached hydrogens (tertiary/aromatic N) is 2. The first-order chi connectivity index (χ1) is 7.76. The third-order valence-corrected chi connectivity index (χ3v) is 1.34. The van der Waals surface area contributed by atoms with Gasteiger partial charge in [-0.25, -0.2) is 4.57 Å². The fourth-order valence-electron chi connectivity index (χ4n) is 0.671. The largest absolute Gasteiger partial charge is 0.466 e. The van der Waals surface area contributed by atoms with Crippen molar-refractivity contribution in [2.45, 2.75) is 27.7 Å². The maximum Gasteiger partial charge on any atom is 0.466 e. The molecule has 0 rings (SSSR count). The second kappa shape index (κ2) is 25.4. The van der Waals surface area contributed by atoms with E-state index in [2.05, 4.69) is 25.7 Å². The lowest BCUT2D eigenvalue weighted by atomic mass is 10.5. The summed E-state index contributed by atoms with van der Waals surface area (Å²) in [7, 11) is -3.64. The van der Waals surface area contributed by atoms with Gasteiger partial charge in [0, 0.05) is 14.0 Å². The summed E-state index contributed by atoms with van der Waals surface area (Å²) in [6.45, 7) is 11.6. The van der Waals surface area contributed by atoms with Crippen LogP contribution in [0.4, 0.5) is 0 Å². The highest BCUT2D eigenvalue weighted by molar-refractivity contribution is 7.45. The van der Waals surface area contributed by atoms with Gasteiger partial charge in [-0.1, -0.05) is 20.8 Å². The average molecular weight is 290 g/mol. The van der Waals surface area contributed by atoms with Crippen LogP contribution in [0.3, 0.4) is 0 Å². The van der Waals surface area contributed by atoms with E-state index in [1.807, 2.05) is 0 Å². The van der Waals surface area contributed by atoms with Crippen LogP contribution in [0.1, 0.15) is 27.7 Å². The maximum absolute atomic E-state index is 8.88. The van der Waals surface area contributed by atoms with Gasteiger partial charge in [-0.05, 0) is 19.6 Å². The Morgan fingerprint density at radius 2 is 1.17 bits per heavy atom. The van der Waals surface area contributed by atoms with Crippen molar-refractivity contribution >= 4 is 7.82 Å². The Hall–Kier alpha value is -0.520. The topological polar surface area (TPSA) is 157 Å². The van der Waals surface area contributed by atoms with Crippen molar-refractivity contribution in [1.82, 2.24) is 4.90 Å². The minimum atomic E-state index is -4.64. The summed E-state index contributed by atoms with van der Waals surface area (Å²) < 4.78 is 8.88. The Balaban J connectivity index is -0.0000000455. The fourth-order valence-corrected chi connectivity index (χ4v) is 0.671. The van der Waals surface area contributed by atoms with Gasteiger partial charge in [-0.2, -0.15) is 5.26 Å². The van der Waals surface area contributed by atoms with Crippen LogP contribution in [0.2, 0.25) is 0 Å². The lowest BCUT2D eigenvalue weighted by Crippen LogP contribution is -2.21. The molecule has 0 atom stereocenters. The molecule has 114 valence electrons. The molecule has 0 spiro atoms. The van der Waals surface area contributed by atoms with Crippen LogP contribution in [0, 0.1) is 11.3 Å². The van der Waals surface area contributed by atoms with Crippen LogP contribution in [0.15, 0.2) is 0 Å². The molecule has 0 fully saturated rings. The van der Waals surface area contributed by atoms with Gasteiger partial charge in [0.15, 0.2) is 0 Å². The fraction of sp³-hybridized carbons (Fsp3) is 0.889. The smallest absolute Gasteiger partial charge is 0.412 e. The van der Waals surface area contributed by atoms with E-state index in [4.69, 9.17) is 29.6 Å². The Kier molecular flexibility index (Phi) is 42.9. The zero-order valence-corrected chi connectivity index (χ0v) is 12.6. The van der Waals surface area contributed by atoms with E-state index in [-0.39, 0.29) is 5.48 Å². The minimum Gasteiger partial charge on any atom is -0.412 e. The van der Waals surface area contributed by atoms with Gasteiger partial charge in [-0.3, -0.25) is 0 Å². The standard InChI is InChI=1S/C6H15N.C2H3N.CH4O.H3O4P.H2O/c1-4-7(5-2)6-3;1-2-3;1-2;1-5(2,3)4;/h4-6H2,1-3H3;1H3;2H,1H3;(H3,1,2,3,4);1H2. The van der Waals surface area contributed by atoms with E-state index in [1.165, 1.54) is 26.6 Å². The molecule has 0 aromatic heterocycles. The third kappa shape index (κ3) is 108. The number of nitriles is 1. The molecule has 0 aliphatic carbocycles. The summed E-state index contributed by atoms with van der Waals surface area (Å²) in [4.78, 5) is 23.9. The molecule has 0 heterocycles. The van der Waals surface area contributed by atoms with Crippen LogP contribution < -0.4 is 0 Å². The van der Waals surface area contributed by atoms with Crippen LogP contribution >= 0.6 is 7.82 Å². The Morgan fingerprint density at radius 3 is 1.17 bits per heavy atom. The summed E-state index contributed by atoms with van der Waals surface area (Å²) in [5, 5.41) is 14.3. The van der Waals surface area contributed by atoms with E-state index < -0.39 is 7.82 Å². The zero-order valence-electron chi connectivity index (χ0n) is 11.7. The predicted molar refractivity (Wildman–Crippen MR) is 70.8 cm³/mol. The van der Waals surface area contributed by atoms with Gasteiger partial charge in [0.1, 0.15) is 0 Å². The van der Waals surface area contributed by atoms with Crippen molar-refractivity contribution in [3.8, 4) is 6.07 Å². The minimum absolute atomic E-state index is 0. The van der Waals surface area contributed by atoms with Crippen LogP contribution in [0.5, 0.6) is 0 Å². The van der Waals surface area contributed by atoms with Crippen LogP contribution in [-0.4, -0.2) is 56.9 Å². The Morgan fingerprint density at radius 1 is 1.06 bits per heavy atom. The lowest BCUT2D eigenvalue weighted by Gasteiger charge is -2.13. The first-order valence-corrected chi connectivity index (χ1v) is 6.59. The van der Waals surface area contributed by atoms with Gasteiger partial charge in [0.25, 0.3) is 0 Å². The number of hydrogen-bond donors (Lipinski definition) is 4. The molecule has 0 aromatic rings. The van der Waals surface area contributed by atoms with E-state index in [0.29, 0.717) is 0 Å². The monoisotopic (exact) mass is 290 g/mol. The number of hydrogen-bond acceptors (Lipinski definition) is 4. The molecule has 18 heavy (non-hydrogen) atoms. The molecule has 0 saturated carbocycles. The quantitative estimate of drug-likeness (QED) is 0.521. The van der Waals surface area contributed by atoms with E-state index >= 15 is 0 Å². The SMILES string of the molecule is CC#N.CCN(CC)CC.CO.O.O=P(O)(O)O. The highest BCUT2D eigenvalue weighted by Gasteiger charge is 2.00. The van der Waals surface area contributed by atoms with Crippen molar-refractivity contribution in [1.29, 1.82) is 5.26 Å². The molecule has 9 heteroatoms.